The number of hydrogen-bond acceptors (Lipinski definition) is 16. The van der Waals surface area contributed by atoms with E-state index in [1.165, 1.54) is 14.0 Å². The number of amidine groups is 1. The molecule has 0 amide bonds. The van der Waals surface area contributed by atoms with E-state index in [-0.39, 0.29) is 24.4 Å². The zero-order valence-corrected chi connectivity index (χ0v) is 22.1. The van der Waals surface area contributed by atoms with E-state index in [2.05, 4.69) is 17.2 Å². The van der Waals surface area contributed by atoms with Gasteiger partial charge in [-0.1, -0.05) is 6.58 Å². The Hall–Kier alpha value is -2.00. The molecule has 2 saturated heterocycles. The van der Waals surface area contributed by atoms with Gasteiger partial charge in [-0.3, -0.25) is 10.2 Å². The molecule has 0 unspecified atom stereocenters. The zero-order valence-electron chi connectivity index (χ0n) is 22.1. The SMILES string of the molecule is C=C(N)N[C@@H]1[C@@H](O)[C@H](CC(=N)N)[C@@H](O)[C@H](O)[C@H]1O[C@@H]1O[C@@H](C)[C@](O)(C=O)[C@H]1O[C@@H]1O[C@@H](CO)[C@H](O)[C@@H](O)[C@@H]1NC. The second-order valence-corrected chi connectivity index (χ2v) is 10.4. The highest BCUT2D eigenvalue weighted by Gasteiger charge is 2.60. The number of nitrogens with one attached hydrogen (secondary N) is 3. The number of aldehydes is 1. The predicted octanol–water partition coefficient (Wildman–Crippen LogP) is -6.11. The summed E-state index contributed by atoms with van der Waals surface area (Å²) in [5.74, 6) is -1.57. The summed E-state index contributed by atoms with van der Waals surface area (Å²) in [5, 5.41) is 87.2. The summed E-state index contributed by atoms with van der Waals surface area (Å²) < 4.78 is 23.1. The number of ether oxygens (including phenoxy) is 4. The summed E-state index contributed by atoms with van der Waals surface area (Å²) in [7, 11) is 1.43. The Morgan fingerprint density at radius 1 is 1.02 bits per heavy atom. The molecule has 17 heteroatoms. The Balaban J connectivity index is 1.94. The van der Waals surface area contributed by atoms with Crippen LogP contribution in [0.5, 0.6) is 0 Å². The summed E-state index contributed by atoms with van der Waals surface area (Å²) in [6, 6.07) is -2.34. The largest absolute Gasteiger partial charge is 0.394 e. The molecule has 15 atom stereocenters. The molecule has 0 spiro atoms. The van der Waals surface area contributed by atoms with Crippen molar-refractivity contribution < 1.29 is 59.5 Å². The minimum absolute atomic E-state index is 0.129. The van der Waals surface area contributed by atoms with Gasteiger partial charge >= 0.3 is 0 Å². The van der Waals surface area contributed by atoms with Crippen LogP contribution < -0.4 is 22.1 Å². The van der Waals surface area contributed by atoms with E-state index in [0.717, 1.165) is 0 Å². The number of likely N-dealkylation sites (N-methyl/N-ethyl adjacent to an activating group) is 1. The molecule has 3 rings (SSSR count). The molecule has 2 aliphatic heterocycles. The third-order valence-corrected chi connectivity index (χ3v) is 7.76. The first kappa shape index (κ1) is 32.5. The molecule has 230 valence electrons. The van der Waals surface area contributed by atoms with E-state index in [1.54, 1.807) is 0 Å². The number of aliphatic hydroxyl groups excluding tert-OH is 6. The van der Waals surface area contributed by atoms with Crippen LogP contribution in [0.1, 0.15) is 13.3 Å². The maximum absolute atomic E-state index is 12.1. The quantitative estimate of drug-likeness (QED) is 0.0615. The van der Waals surface area contributed by atoms with E-state index in [4.69, 9.17) is 35.8 Å². The van der Waals surface area contributed by atoms with Gasteiger partial charge in [0.05, 0.1) is 48.7 Å². The molecule has 40 heavy (non-hydrogen) atoms. The first-order valence-electron chi connectivity index (χ1n) is 12.7. The fraction of sp³-hybridized carbons (Fsp3) is 0.826. The number of carbonyl (C=O) groups is 1. The lowest BCUT2D eigenvalue weighted by atomic mass is 9.75. The second kappa shape index (κ2) is 12.9. The number of rotatable bonds is 11. The molecule has 1 saturated carbocycles. The molecule has 1 aliphatic carbocycles. The molecular weight excluding hydrogens is 538 g/mol. The summed E-state index contributed by atoms with van der Waals surface area (Å²) >= 11 is 0. The van der Waals surface area contributed by atoms with Gasteiger partial charge in [0.2, 0.25) is 0 Å². The molecule has 0 radical (unpaired) electrons. The van der Waals surface area contributed by atoms with Crippen LogP contribution in [0, 0.1) is 11.3 Å². The molecular formula is C23H41N5O12. The highest BCUT2D eigenvalue weighted by molar-refractivity contribution is 5.77. The molecule has 0 aromatic carbocycles. The minimum atomic E-state index is -2.35. The van der Waals surface area contributed by atoms with Gasteiger partial charge in [0.1, 0.15) is 36.6 Å². The van der Waals surface area contributed by atoms with Crippen molar-refractivity contribution in [3.05, 3.63) is 12.4 Å². The van der Waals surface area contributed by atoms with Crippen LogP contribution in [0.2, 0.25) is 0 Å². The summed E-state index contributed by atoms with van der Waals surface area (Å²) in [6.07, 6.45) is -16.7. The van der Waals surface area contributed by atoms with Gasteiger partial charge in [0.25, 0.3) is 0 Å². The van der Waals surface area contributed by atoms with E-state index < -0.39 is 97.7 Å². The average Bonchev–Trinajstić information content (AvgIpc) is 3.13. The van der Waals surface area contributed by atoms with Crippen molar-refractivity contribution in [2.75, 3.05) is 13.7 Å². The van der Waals surface area contributed by atoms with Crippen molar-refractivity contribution in [2.24, 2.45) is 17.4 Å². The maximum atomic E-state index is 12.1. The van der Waals surface area contributed by atoms with Crippen molar-refractivity contribution in [1.82, 2.24) is 10.6 Å². The highest BCUT2D eigenvalue weighted by atomic mass is 16.8. The van der Waals surface area contributed by atoms with Crippen LogP contribution in [0.3, 0.4) is 0 Å². The number of aliphatic hydroxyl groups is 7. The van der Waals surface area contributed by atoms with Crippen LogP contribution in [-0.2, 0) is 23.7 Å². The Kier molecular flexibility index (Phi) is 10.5. The molecule has 3 fully saturated rings. The van der Waals surface area contributed by atoms with Crippen LogP contribution in [0.15, 0.2) is 12.4 Å². The predicted molar refractivity (Wildman–Crippen MR) is 134 cm³/mol. The molecule has 0 aromatic heterocycles. The van der Waals surface area contributed by atoms with Crippen molar-refractivity contribution in [3.8, 4) is 0 Å². The molecule has 0 bridgehead atoms. The Bertz CT molecular complexity index is 917. The van der Waals surface area contributed by atoms with Gasteiger partial charge in [0, 0.05) is 12.3 Å². The van der Waals surface area contributed by atoms with Crippen molar-refractivity contribution in [3.63, 3.8) is 0 Å². The Morgan fingerprint density at radius 3 is 2.20 bits per heavy atom. The molecule has 17 nitrogen and oxygen atoms in total. The average molecular weight is 580 g/mol. The van der Waals surface area contributed by atoms with E-state index in [1.807, 2.05) is 0 Å². The van der Waals surface area contributed by atoms with Crippen molar-refractivity contribution in [1.29, 1.82) is 5.41 Å². The van der Waals surface area contributed by atoms with Crippen molar-refractivity contribution >= 4 is 12.1 Å². The molecule has 14 N–H and O–H groups in total. The summed E-state index contributed by atoms with van der Waals surface area (Å²) in [4.78, 5) is 12.1. The van der Waals surface area contributed by atoms with Gasteiger partial charge in [-0.2, -0.15) is 0 Å². The Labute approximate surface area is 230 Å². The van der Waals surface area contributed by atoms with Crippen molar-refractivity contribution in [2.45, 2.75) is 98.5 Å². The molecule has 3 aliphatic rings. The molecule has 2 heterocycles. The van der Waals surface area contributed by atoms with E-state index in [0.29, 0.717) is 0 Å². The third kappa shape index (κ3) is 6.10. The van der Waals surface area contributed by atoms with Gasteiger partial charge in [-0.15, -0.1) is 0 Å². The van der Waals surface area contributed by atoms with E-state index >= 15 is 0 Å². The monoisotopic (exact) mass is 579 g/mol. The topological polar surface area (TPSA) is 296 Å². The smallest absolute Gasteiger partial charge is 0.188 e. The highest BCUT2D eigenvalue weighted by Crippen LogP contribution is 2.39. The number of nitrogens with two attached hydrogens (primary N) is 2. The van der Waals surface area contributed by atoms with Gasteiger partial charge in [-0.05, 0) is 14.0 Å². The van der Waals surface area contributed by atoms with Crippen LogP contribution in [0.4, 0.5) is 0 Å². The van der Waals surface area contributed by atoms with E-state index in [9.17, 15) is 40.5 Å². The van der Waals surface area contributed by atoms with Gasteiger partial charge < -0.3 is 76.8 Å². The van der Waals surface area contributed by atoms with Crippen LogP contribution in [-0.4, -0.2) is 147 Å². The standard InChI is InChI=1S/C23H41N5O12/c1-7-23(36,6-30)20(40-21-13(27-3)17(34)16(33)10(5-29)38-21)22(37-7)39-19-12(28-8(2)24)14(31)9(4-11(25)26)15(32)18(19)35/h6-7,9-10,12-22,27-29,31-36H,2,4-5,24H2,1,3H3,(H3,25,26)/t7-,9-,10-,12+,13-,14-,15+,16-,17-,18-,19-,20-,21-,22-,23+/m0/s1. The number of carbonyl (C=O) groups excluding carboxylic acids is 1. The Morgan fingerprint density at radius 2 is 1.68 bits per heavy atom. The lowest BCUT2D eigenvalue weighted by Crippen LogP contribution is -2.68. The van der Waals surface area contributed by atoms with Gasteiger partial charge in [0.15, 0.2) is 24.5 Å². The van der Waals surface area contributed by atoms with Crippen LogP contribution in [0.25, 0.3) is 0 Å². The summed E-state index contributed by atoms with van der Waals surface area (Å²) in [5.41, 5.74) is 8.79. The minimum Gasteiger partial charge on any atom is -0.394 e. The lowest BCUT2D eigenvalue weighted by Gasteiger charge is -2.47. The first-order chi connectivity index (χ1) is 18.7. The molecule has 0 aromatic rings. The first-order valence-corrected chi connectivity index (χ1v) is 12.7. The number of hydrogen-bond donors (Lipinski definition) is 12. The lowest BCUT2D eigenvalue weighted by molar-refractivity contribution is -0.315. The van der Waals surface area contributed by atoms with Crippen LogP contribution >= 0.6 is 0 Å². The maximum Gasteiger partial charge on any atom is 0.188 e. The van der Waals surface area contributed by atoms with Gasteiger partial charge in [-0.25, -0.2) is 0 Å². The third-order valence-electron chi connectivity index (χ3n) is 7.76. The normalized spacial score (nSPS) is 47.5. The fourth-order valence-corrected chi connectivity index (χ4v) is 5.44. The summed E-state index contributed by atoms with van der Waals surface area (Å²) in [6.45, 7) is 4.19. The zero-order chi connectivity index (χ0) is 30.1. The fourth-order valence-electron chi connectivity index (χ4n) is 5.44. The second-order valence-electron chi connectivity index (χ2n) is 10.4.